The largest absolute Gasteiger partial charge is 0.508 e. The first-order valence-electron chi connectivity index (χ1n) is 3.97. The third kappa shape index (κ3) is 2.78. The average molecular weight is 193 g/mol. The highest BCUT2D eigenvalue weighted by atomic mass is 16.3. The molecule has 5 nitrogen and oxygen atoms in total. The van der Waals surface area contributed by atoms with E-state index in [4.69, 9.17) is 5.73 Å². The molecule has 0 bridgehead atoms. The number of phenols is 1. The van der Waals surface area contributed by atoms with Crippen LogP contribution in [0.5, 0.6) is 5.75 Å². The number of carbonyl (C=O) groups excluding carboxylic acids is 1. The normalized spacial score (nSPS) is 10.4. The van der Waals surface area contributed by atoms with Gasteiger partial charge in [-0.05, 0) is 36.2 Å². The Hall–Kier alpha value is -2.04. The van der Waals surface area contributed by atoms with Crippen LogP contribution in [0.25, 0.3) is 0 Å². The molecule has 5 heteroatoms. The zero-order valence-corrected chi connectivity index (χ0v) is 7.69. The molecule has 0 aliphatic carbocycles. The standard InChI is InChI=1S/C9H11N3O2/c1-6-4-7(2-3-8(6)13)5-11-12-9(10)14/h2-5,13H,1H3,(H3,10,12,14)/b11-5+. The van der Waals surface area contributed by atoms with Crippen molar-refractivity contribution in [1.29, 1.82) is 0 Å². The van der Waals surface area contributed by atoms with Crippen LogP contribution in [0.2, 0.25) is 0 Å². The van der Waals surface area contributed by atoms with Crippen LogP contribution in [0.4, 0.5) is 4.79 Å². The molecule has 0 aliphatic heterocycles. The van der Waals surface area contributed by atoms with Gasteiger partial charge in [0.15, 0.2) is 0 Å². The number of hydrogen-bond acceptors (Lipinski definition) is 3. The third-order valence-corrected chi connectivity index (χ3v) is 1.61. The highest BCUT2D eigenvalue weighted by Gasteiger charge is 1.95. The fraction of sp³-hybridized carbons (Fsp3) is 0.111. The lowest BCUT2D eigenvalue weighted by molar-refractivity contribution is 0.249. The molecule has 2 amide bonds. The zero-order valence-electron chi connectivity index (χ0n) is 7.69. The lowest BCUT2D eigenvalue weighted by atomic mass is 10.1. The van der Waals surface area contributed by atoms with E-state index in [0.29, 0.717) is 0 Å². The summed E-state index contributed by atoms with van der Waals surface area (Å²) in [5.74, 6) is 0.227. The SMILES string of the molecule is Cc1cc(/C=N/NC(N)=O)ccc1O. The second kappa shape index (κ2) is 4.27. The van der Waals surface area contributed by atoms with E-state index in [1.165, 1.54) is 6.21 Å². The summed E-state index contributed by atoms with van der Waals surface area (Å²) in [7, 11) is 0. The Kier molecular flexibility index (Phi) is 3.06. The number of carbonyl (C=O) groups is 1. The van der Waals surface area contributed by atoms with Crippen LogP contribution in [0.3, 0.4) is 0 Å². The molecule has 0 unspecified atom stereocenters. The molecular weight excluding hydrogens is 182 g/mol. The number of urea groups is 1. The van der Waals surface area contributed by atoms with E-state index < -0.39 is 6.03 Å². The van der Waals surface area contributed by atoms with Gasteiger partial charge in [0.05, 0.1) is 6.21 Å². The number of phenolic OH excluding ortho intramolecular Hbond substituents is 1. The molecule has 0 fully saturated rings. The zero-order chi connectivity index (χ0) is 10.6. The minimum atomic E-state index is -0.711. The molecule has 0 spiro atoms. The van der Waals surface area contributed by atoms with E-state index in [0.717, 1.165) is 11.1 Å². The maximum Gasteiger partial charge on any atom is 0.332 e. The van der Waals surface area contributed by atoms with Gasteiger partial charge in [-0.15, -0.1) is 0 Å². The van der Waals surface area contributed by atoms with Crippen LogP contribution in [0, 0.1) is 6.92 Å². The summed E-state index contributed by atoms with van der Waals surface area (Å²) in [6.45, 7) is 1.77. The van der Waals surface area contributed by atoms with Crippen LogP contribution >= 0.6 is 0 Å². The topological polar surface area (TPSA) is 87.7 Å². The number of nitrogens with zero attached hydrogens (tertiary/aromatic N) is 1. The maximum absolute atomic E-state index is 10.3. The molecule has 0 heterocycles. The molecular formula is C9H11N3O2. The molecule has 0 aromatic heterocycles. The monoisotopic (exact) mass is 193 g/mol. The average Bonchev–Trinajstić information content (AvgIpc) is 2.10. The summed E-state index contributed by atoms with van der Waals surface area (Å²) in [5, 5.41) is 12.8. The van der Waals surface area contributed by atoms with Crippen LogP contribution < -0.4 is 11.2 Å². The van der Waals surface area contributed by atoms with Crippen molar-refractivity contribution < 1.29 is 9.90 Å². The van der Waals surface area contributed by atoms with E-state index in [1.807, 2.05) is 0 Å². The molecule has 0 radical (unpaired) electrons. The molecule has 1 aromatic carbocycles. The fourth-order valence-corrected chi connectivity index (χ4v) is 0.929. The number of amides is 2. The van der Waals surface area contributed by atoms with Gasteiger partial charge in [0.2, 0.25) is 0 Å². The molecule has 0 saturated heterocycles. The highest BCUT2D eigenvalue weighted by Crippen LogP contribution is 2.15. The number of rotatable bonds is 2. The molecule has 0 saturated carbocycles. The number of nitrogens with one attached hydrogen (secondary N) is 1. The minimum Gasteiger partial charge on any atom is -0.508 e. The van der Waals surface area contributed by atoms with E-state index in [9.17, 15) is 9.90 Å². The summed E-state index contributed by atoms with van der Waals surface area (Å²) in [5.41, 5.74) is 8.40. The maximum atomic E-state index is 10.3. The van der Waals surface area contributed by atoms with Crippen molar-refractivity contribution >= 4 is 12.2 Å². The number of primary amides is 1. The van der Waals surface area contributed by atoms with Gasteiger partial charge in [0.1, 0.15) is 5.75 Å². The van der Waals surface area contributed by atoms with Crippen molar-refractivity contribution in [2.24, 2.45) is 10.8 Å². The van der Waals surface area contributed by atoms with E-state index in [2.05, 4.69) is 10.5 Å². The van der Waals surface area contributed by atoms with Crippen molar-refractivity contribution in [3.63, 3.8) is 0 Å². The molecule has 1 aromatic rings. The van der Waals surface area contributed by atoms with E-state index >= 15 is 0 Å². The van der Waals surface area contributed by atoms with Crippen molar-refractivity contribution in [1.82, 2.24) is 5.43 Å². The second-order valence-electron chi connectivity index (χ2n) is 2.78. The molecule has 0 aliphatic rings. The number of hydrogen-bond donors (Lipinski definition) is 3. The van der Waals surface area contributed by atoms with Crippen molar-refractivity contribution in [3.8, 4) is 5.75 Å². The molecule has 14 heavy (non-hydrogen) atoms. The van der Waals surface area contributed by atoms with Crippen LogP contribution in [-0.2, 0) is 0 Å². The van der Waals surface area contributed by atoms with Crippen molar-refractivity contribution in [2.45, 2.75) is 6.92 Å². The summed E-state index contributed by atoms with van der Waals surface area (Å²) in [6.07, 6.45) is 1.44. The van der Waals surface area contributed by atoms with Gasteiger partial charge in [-0.1, -0.05) is 0 Å². The predicted molar refractivity (Wildman–Crippen MR) is 53.2 cm³/mol. The lowest BCUT2D eigenvalue weighted by Crippen LogP contribution is -2.24. The van der Waals surface area contributed by atoms with Gasteiger partial charge >= 0.3 is 6.03 Å². The number of aromatic hydroxyl groups is 1. The number of nitrogens with two attached hydrogens (primary N) is 1. The second-order valence-corrected chi connectivity index (χ2v) is 2.78. The Bertz CT molecular complexity index is 374. The lowest BCUT2D eigenvalue weighted by Gasteiger charge is -1.98. The first-order valence-corrected chi connectivity index (χ1v) is 3.97. The van der Waals surface area contributed by atoms with Crippen molar-refractivity contribution in [3.05, 3.63) is 29.3 Å². The Balaban J connectivity index is 2.73. The van der Waals surface area contributed by atoms with Crippen LogP contribution in [-0.4, -0.2) is 17.4 Å². The Labute approximate surface area is 81.2 Å². The summed E-state index contributed by atoms with van der Waals surface area (Å²) < 4.78 is 0. The predicted octanol–water partition coefficient (Wildman–Crippen LogP) is 0.703. The van der Waals surface area contributed by atoms with Crippen LogP contribution in [0.15, 0.2) is 23.3 Å². The summed E-state index contributed by atoms with van der Waals surface area (Å²) in [4.78, 5) is 10.3. The highest BCUT2D eigenvalue weighted by molar-refractivity contribution is 5.81. The quantitative estimate of drug-likeness (QED) is 0.477. The fourth-order valence-electron chi connectivity index (χ4n) is 0.929. The Morgan fingerprint density at radius 1 is 1.64 bits per heavy atom. The minimum absolute atomic E-state index is 0.227. The van der Waals surface area contributed by atoms with Gasteiger partial charge in [-0.3, -0.25) is 0 Å². The first-order chi connectivity index (χ1) is 6.59. The van der Waals surface area contributed by atoms with Crippen molar-refractivity contribution in [2.75, 3.05) is 0 Å². The molecule has 1 rings (SSSR count). The van der Waals surface area contributed by atoms with Gasteiger partial charge in [-0.25, -0.2) is 10.2 Å². The van der Waals surface area contributed by atoms with E-state index in [-0.39, 0.29) is 5.75 Å². The Morgan fingerprint density at radius 2 is 2.36 bits per heavy atom. The number of hydrazone groups is 1. The van der Waals surface area contributed by atoms with Gasteiger partial charge < -0.3 is 10.8 Å². The van der Waals surface area contributed by atoms with Crippen LogP contribution in [0.1, 0.15) is 11.1 Å². The number of aryl methyl sites for hydroxylation is 1. The Morgan fingerprint density at radius 3 is 2.93 bits per heavy atom. The molecule has 74 valence electrons. The molecule has 0 atom stereocenters. The van der Waals surface area contributed by atoms with Gasteiger partial charge in [0.25, 0.3) is 0 Å². The van der Waals surface area contributed by atoms with E-state index in [1.54, 1.807) is 25.1 Å². The van der Waals surface area contributed by atoms with Gasteiger partial charge in [-0.2, -0.15) is 5.10 Å². The molecule has 4 N–H and O–H groups in total. The number of benzene rings is 1. The summed E-state index contributed by atoms with van der Waals surface area (Å²) in [6, 6.07) is 4.26. The smallest absolute Gasteiger partial charge is 0.332 e. The summed E-state index contributed by atoms with van der Waals surface area (Å²) >= 11 is 0. The third-order valence-electron chi connectivity index (χ3n) is 1.61. The van der Waals surface area contributed by atoms with Gasteiger partial charge in [0, 0.05) is 0 Å². The first kappa shape index (κ1) is 10.0.